The minimum Gasteiger partial charge on any atom is -0.497 e. The lowest BCUT2D eigenvalue weighted by molar-refractivity contribution is -0.111. The Morgan fingerprint density at radius 1 is 1.07 bits per heavy atom. The van der Waals surface area contributed by atoms with Crippen LogP contribution in [0.4, 0.5) is 5.69 Å². The molecular formula is C23H16ClNO4. The predicted octanol–water partition coefficient (Wildman–Crippen LogP) is 5.26. The van der Waals surface area contributed by atoms with E-state index in [-0.39, 0.29) is 11.3 Å². The second-order valence-electron chi connectivity index (χ2n) is 6.35. The highest BCUT2D eigenvalue weighted by atomic mass is 35.5. The number of hydrogen-bond donors (Lipinski definition) is 1. The molecule has 3 aromatic carbocycles. The van der Waals surface area contributed by atoms with Gasteiger partial charge in [-0.05, 0) is 48.0 Å². The van der Waals surface area contributed by atoms with Crippen molar-refractivity contribution < 1.29 is 13.9 Å². The van der Waals surface area contributed by atoms with Crippen molar-refractivity contribution in [2.75, 3.05) is 12.4 Å². The lowest BCUT2D eigenvalue weighted by Gasteiger charge is -2.06. The van der Waals surface area contributed by atoms with E-state index >= 15 is 0 Å². The topological polar surface area (TPSA) is 68.5 Å². The van der Waals surface area contributed by atoms with Crippen LogP contribution in [0.25, 0.3) is 28.0 Å². The Morgan fingerprint density at radius 2 is 1.86 bits per heavy atom. The zero-order chi connectivity index (χ0) is 20.4. The fraction of sp³-hybridized carbons (Fsp3) is 0.0435. The molecule has 1 N–H and O–H groups in total. The summed E-state index contributed by atoms with van der Waals surface area (Å²) in [6.07, 6.45) is 3.13. The van der Waals surface area contributed by atoms with Crippen LogP contribution in [-0.4, -0.2) is 13.0 Å². The molecule has 4 rings (SSSR count). The summed E-state index contributed by atoms with van der Waals surface area (Å²) in [6.45, 7) is 0. The van der Waals surface area contributed by atoms with Crippen molar-refractivity contribution in [3.8, 4) is 5.75 Å². The van der Waals surface area contributed by atoms with Gasteiger partial charge in [0.2, 0.25) is 11.3 Å². The van der Waals surface area contributed by atoms with Crippen molar-refractivity contribution in [3.05, 3.63) is 87.5 Å². The molecule has 0 unspecified atom stereocenters. The standard InChI is InChI=1S/C23H16ClNO4/c1-28-16-9-5-14(6-10-16)7-12-21(26)25-15-8-11-17-20(13-15)29-23-18(22(17)27)3-2-4-19(23)24/h2-13H,1H3,(H,25,26)/b12-7+. The van der Waals surface area contributed by atoms with E-state index in [1.165, 1.54) is 6.08 Å². The maximum absolute atomic E-state index is 12.7. The maximum Gasteiger partial charge on any atom is 0.248 e. The maximum atomic E-state index is 12.7. The Hall–Kier alpha value is -3.57. The van der Waals surface area contributed by atoms with Crippen LogP contribution in [0.3, 0.4) is 0 Å². The average Bonchev–Trinajstić information content (AvgIpc) is 2.73. The van der Waals surface area contributed by atoms with Gasteiger partial charge in [0.05, 0.1) is 22.9 Å². The van der Waals surface area contributed by atoms with Gasteiger partial charge in [-0.25, -0.2) is 0 Å². The van der Waals surface area contributed by atoms with Crippen molar-refractivity contribution in [2.24, 2.45) is 0 Å². The van der Waals surface area contributed by atoms with Gasteiger partial charge in [0, 0.05) is 17.8 Å². The van der Waals surface area contributed by atoms with E-state index in [2.05, 4.69) is 5.32 Å². The van der Waals surface area contributed by atoms with Gasteiger partial charge < -0.3 is 14.5 Å². The van der Waals surface area contributed by atoms with Crippen LogP contribution in [0.5, 0.6) is 5.75 Å². The zero-order valence-electron chi connectivity index (χ0n) is 15.4. The second kappa shape index (κ2) is 7.81. The van der Waals surface area contributed by atoms with E-state index < -0.39 is 0 Å². The fourth-order valence-electron chi connectivity index (χ4n) is 2.99. The van der Waals surface area contributed by atoms with Crippen LogP contribution in [0.2, 0.25) is 5.02 Å². The van der Waals surface area contributed by atoms with Gasteiger partial charge in [0.1, 0.15) is 11.3 Å². The van der Waals surface area contributed by atoms with E-state index in [4.69, 9.17) is 20.8 Å². The number of carbonyl (C=O) groups excluding carboxylic acids is 1. The van der Waals surface area contributed by atoms with Crippen LogP contribution >= 0.6 is 11.6 Å². The van der Waals surface area contributed by atoms with Crippen molar-refractivity contribution in [3.63, 3.8) is 0 Å². The highest BCUT2D eigenvalue weighted by molar-refractivity contribution is 6.34. The summed E-state index contributed by atoms with van der Waals surface area (Å²) in [4.78, 5) is 24.9. The summed E-state index contributed by atoms with van der Waals surface area (Å²) in [5.41, 5.74) is 1.89. The van der Waals surface area contributed by atoms with E-state index in [9.17, 15) is 9.59 Å². The molecule has 0 atom stereocenters. The van der Waals surface area contributed by atoms with Gasteiger partial charge in [0.15, 0.2) is 5.58 Å². The molecule has 29 heavy (non-hydrogen) atoms. The molecule has 0 fully saturated rings. The number of rotatable bonds is 4. The van der Waals surface area contributed by atoms with Gasteiger partial charge >= 0.3 is 0 Å². The minimum atomic E-state index is -0.304. The third-order valence-electron chi connectivity index (χ3n) is 4.46. The van der Waals surface area contributed by atoms with Crippen molar-refractivity contribution in [1.29, 1.82) is 0 Å². The average molecular weight is 406 g/mol. The second-order valence-corrected chi connectivity index (χ2v) is 6.76. The number of nitrogens with one attached hydrogen (secondary N) is 1. The summed E-state index contributed by atoms with van der Waals surface area (Å²) in [5.74, 6) is 0.443. The third kappa shape index (κ3) is 3.86. The first kappa shape index (κ1) is 18.8. The molecule has 0 saturated heterocycles. The molecule has 5 nitrogen and oxygen atoms in total. The van der Waals surface area contributed by atoms with Crippen LogP contribution in [0, 0.1) is 0 Å². The van der Waals surface area contributed by atoms with Gasteiger partial charge in [-0.15, -0.1) is 0 Å². The van der Waals surface area contributed by atoms with E-state index in [0.717, 1.165) is 11.3 Å². The number of methoxy groups -OCH3 is 1. The molecule has 4 aromatic rings. The number of anilines is 1. The van der Waals surface area contributed by atoms with E-state index in [1.807, 2.05) is 24.3 Å². The van der Waals surface area contributed by atoms with Gasteiger partial charge in [-0.2, -0.15) is 0 Å². The number of hydrogen-bond acceptors (Lipinski definition) is 4. The van der Waals surface area contributed by atoms with Gasteiger partial charge in [0.25, 0.3) is 0 Å². The molecular weight excluding hydrogens is 390 g/mol. The molecule has 1 amide bonds. The SMILES string of the molecule is COc1ccc(/C=C/C(=O)Nc2ccc3c(=O)c4cccc(Cl)c4oc3c2)cc1. The fourth-order valence-corrected chi connectivity index (χ4v) is 3.20. The molecule has 0 aliphatic carbocycles. The third-order valence-corrected chi connectivity index (χ3v) is 4.76. The highest BCUT2D eigenvalue weighted by Gasteiger charge is 2.11. The number of halogens is 1. The summed E-state index contributed by atoms with van der Waals surface area (Å²) < 4.78 is 10.9. The predicted molar refractivity (Wildman–Crippen MR) is 116 cm³/mol. The number of benzene rings is 3. The molecule has 1 heterocycles. The molecule has 144 valence electrons. The smallest absolute Gasteiger partial charge is 0.248 e. The molecule has 6 heteroatoms. The van der Waals surface area contributed by atoms with E-state index in [1.54, 1.807) is 49.6 Å². The van der Waals surface area contributed by atoms with Gasteiger partial charge in [-0.1, -0.05) is 29.8 Å². The minimum absolute atomic E-state index is 0.166. The molecule has 0 saturated carbocycles. The lowest BCUT2D eigenvalue weighted by Crippen LogP contribution is -2.08. The Kier molecular flexibility index (Phi) is 5.06. The normalized spacial score (nSPS) is 11.2. The number of amides is 1. The first-order valence-corrected chi connectivity index (χ1v) is 9.21. The van der Waals surface area contributed by atoms with Gasteiger partial charge in [-0.3, -0.25) is 9.59 Å². The zero-order valence-corrected chi connectivity index (χ0v) is 16.2. The quantitative estimate of drug-likeness (QED) is 0.371. The summed E-state index contributed by atoms with van der Waals surface area (Å²) in [7, 11) is 1.60. The van der Waals surface area contributed by atoms with Crippen LogP contribution < -0.4 is 15.5 Å². The first-order chi connectivity index (χ1) is 14.0. The summed E-state index contributed by atoms with van der Waals surface area (Å²) in [5, 5.41) is 3.97. The Labute approximate surface area is 171 Å². The number of para-hydroxylation sites is 1. The van der Waals surface area contributed by atoms with Crippen LogP contribution in [-0.2, 0) is 4.79 Å². The van der Waals surface area contributed by atoms with Crippen LogP contribution in [0.15, 0.2) is 76.0 Å². The summed E-state index contributed by atoms with van der Waals surface area (Å²) in [6, 6.07) is 17.3. The largest absolute Gasteiger partial charge is 0.497 e. The Bertz CT molecular complexity index is 1310. The Balaban J connectivity index is 1.59. The molecule has 0 aliphatic rings. The van der Waals surface area contributed by atoms with E-state index in [0.29, 0.717) is 32.6 Å². The highest BCUT2D eigenvalue weighted by Crippen LogP contribution is 2.26. The summed E-state index contributed by atoms with van der Waals surface area (Å²) >= 11 is 6.15. The molecule has 0 bridgehead atoms. The van der Waals surface area contributed by atoms with Crippen LogP contribution in [0.1, 0.15) is 5.56 Å². The molecule has 1 aromatic heterocycles. The molecule has 0 radical (unpaired) electrons. The lowest BCUT2D eigenvalue weighted by atomic mass is 10.1. The number of fused-ring (bicyclic) bond motifs is 2. The number of carbonyl (C=O) groups is 1. The first-order valence-electron chi connectivity index (χ1n) is 8.83. The van der Waals surface area contributed by atoms with Crippen molar-refractivity contribution in [1.82, 2.24) is 0 Å². The van der Waals surface area contributed by atoms with Crippen molar-refractivity contribution in [2.45, 2.75) is 0 Å². The monoisotopic (exact) mass is 405 g/mol. The number of ether oxygens (including phenoxy) is 1. The van der Waals surface area contributed by atoms with Crippen molar-refractivity contribution >= 4 is 51.2 Å². The molecule has 0 spiro atoms. The Morgan fingerprint density at radius 3 is 2.62 bits per heavy atom. The molecule has 0 aliphatic heterocycles.